The maximum Gasteiger partial charge on any atom is 0.227 e. The van der Waals surface area contributed by atoms with Crippen LogP contribution in [0.2, 0.25) is 0 Å². The molecule has 4 rings (SSSR count). The number of ether oxygens (including phenoxy) is 1. The number of rotatable bonds is 4. The molecule has 1 aromatic carbocycles. The van der Waals surface area contributed by atoms with Gasteiger partial charge >= 0.3 is 0 Å². The fourth-order valence-corrected chi connectivity index (χ4v) is 3.58. The monoisotopic (exact) mass is 349 g/mol. The number of amides is 1. The highest BCUT2D eigenvalue weighted by Crippen LogP contribution is 2.28. The second kappa shape index (κ2) is 6.83. The first-order chi connectivity index (χ1) is 12.6. The molecular formula is C21H23N3O2. The molecule has 1 aliphatic carbocycles. The van der Waals surface area contributed by atoms with Crippen LogP contribution in [0.4, 0.5) is 5.69 Å². The molecule has 0 saturated carbocycles. The first-order valence-corrected chi connectivity index (χ1v) is 9.14. The van der Waals surface area contributed by atoms with Crippen molar-refractivity contribution in [3.63, 3.8) is 0 Å². The van der Waals surface area contributed by atoms with Crippen molar-refractivity contribution in [1.82, 2.24) is 9.38 Å². The lowest BCUT2D eigenvalue weighted by molar-refractivity contribution is -0.120. The molecular weight excluding hydrogens is 326 g/mol. The Morgan fingerprint density at radius 2 is 2.08 bits per heavy atom. The second-order valence-corrected chi connectivity index (χ2v) is 6.83. The third kappa shape index (κ3) is 3.17. The van der Waals surface area contributed by atoms with Crippen LogP contribution in [0.25, 0.3) is 5.65 Å². The van der Waals surface area contributed by atoms with Crippen LogP contribution in [0.1, 0.15) is 30.3 Å². The van der Waals surface area contributed by atoms with E-state index in [2.05, 4.69) is 28.9 Å². The molecule has 1 aliphatic rings. The van der Waals surface area contributed by atoms with Crippen molar-refractivity contribution in [3.05, 3.63) is 59.5 Å². The van der Waals surface area contributed by atoms with Crippen molar-refractivity contribution in [1.29, 1.82) is 0 Å². The van der Waals surface area contributed by atoms with Gasteiger partial charge in [0, 0.05) is 29.9 Å². The van der Waals surface area contributed by atoms with Crippen LogP contribution in [-0.4, -0.2) is 21.9 Å². The number of benzene rings is 1. The first kappa shape index (κ1) is 16.6. The predicted octanol–water partition coefficient (Wildman–Crippen LogP) is 3.79. The zero-order valence-electron chi connectivity index (χ0n) is 15.2. The summed E-state index contributed by atoms with van der Waals surface area (Å²) in [5.41, 5.74) is 5.26. The first-order valence-electron chi connectivity index (χ1n) is 9.14. The smallest absolute Gasteiger partial charge is 0.227 e. The lowest BCUT2D eigenvalue weighted by Crippen LogP contribution is -2.28. The highest BCUT2D eigenvalue weighted by Gasteiger charge is 2.28. The van der Waals surface area contributed by atoms with Crippen LogP contribution in [0.3, 0.4) is 0 Å². The van der Waals surface area contributed by atoms with Gasteiger partial charge in [-0.3, -0.25) is 4.79 Å². The quantitative estimate of drug-likeness (QED) is 0.780. The van der Waals surface area contributed by atoms with Crippen molar-refractivity contribution in [2.24, 2.45) is 5.92 Å². The van der Waals surface area contributed by atoms with Gasteiger partial charge in [-0.05, 0) is 62.6 Å². The maximum atomic E-state index is 12.7. The van der Waals surface area contributed by atoms with Crippen molar-refractivity contribution < 1.29 is 9.53 Å². The average molecular weight is 349 g/mol. The SMILES string of the molecule is CCOc1ccc(NC(=O)C2CCc3nc4ccc(C)cn4c3C2)cc1. The van der Waals surface area contributed by atoms with E-state index in [0.29, 0.717) is 6.61 Å². The Kier molecular flexibility index (Phi) is 4.37. The van der Waals surface area contributed by atoms with E-state index in [4.69, 9.17) is 9.72 Å². The Bertz CT molecular complexity index is 944. The van der Waals surface area contributed by atoms with Gasteiger partial charge in [0.25, 0.3) is 0 Å². The summed E-state index contributed by atoms with van der Waals surface area (Å²) in [4.78, 5) is 17.5. The van der Waals surface area contributed by atoms with Crippen molar-refractivity contribution in [2.45, 2.75) is 33.1 Å². The van der Waals surface area contributed by atoms with E-state index in [0.717, 1.165) is 42.0 Å². The van der Waals surface area contributed by atoms with Crippen LogP contribution in [0.5, 0.6) is 5.75 Å². The van der Waals surface area contributed by atoms with E-state index < -0.39 is 0 Å². The number of carbonyl (C=O) groups is 1. The van der Waals surface area contributed by atoms with Crippen LogP contribution in [0.15, 0.2) is 42.6 Å². The van der Waals surface area contributed by atoms with Gasteiger partial charge in [0.2, 0.25) is 5.91 Å². The van der Waals surface area contributed by atoms with E-state index in [1.165, 1.54) is 11.3 Å². The summed E-state index contributed by atoms with van der Waals surface area (Å²) < 4.78 is 7.58. The molecule has 1 unspecified atom stereocenters. The van der Waals surface area contributed by atoms with Gasteiger partial charge in [-0.1, -0.05) is 6.07 Å². The molecule has 3 aromatic rings. The molecule has 0 fully saturated rings. The lowest BCUT2D eigenvalue weighted by atomic mass is 9.89. The summed E-state index contributed by atoms with van der Waals surface area (Å²) in [6, 6.07) is 11.6. The molecule has 0 radical (unpaired) electrons. The van der Waals surface area contributed by atoms with Crippen molar-refractivity contribution in [3.8, 4) is 5.75 Å². The zero-order chi connectivity index (χ0) is 18.1. The Morgan fingerprint density at radius 1 is 1.27 bits per heavy atom. The molecule has 5 heteroatoms. The molecule has 1 N–H and O–H groups in total. The molecule has 1 atom stereocenters. The Morgan fingerprint density at radius 3 is 2.85 bits per heavy atom. The molecule has 26 heavy (non-hydrogen) atoms. The number of anilines is 1. The standard InChI is InChI=1S/C21H23N3O2/c1-3-26-17-8-6-16(7-9-17)22-21(25)15-5-10-18-19(12-15)24-13-14(2)4-11-20(24)23-18/h4,6-9,11,13,15H,3,5,10,12H2,1-2H3,(H,22,25). The normalized spacial score (nSPS) is 16.3. The molecule has 134 valence electrons. The Hall–Kier alpha value is -2.82. The van der Waals surface area contributed by atoms with Crippen LogP contribution < -0.4 is 10.1 Å². The third-order valence-corrected chi connectivity index (χ3v) is 4.92. The fraction of sp³-hybridized carbons (Fsp3) is 0.333. The highest BCUT2D eigenvalue weighted by atomic mass is 16.5. The summed E-state index contributed by atoms with van der Waals surface area (Å²) in [7, 11) is 0. The Balaban J connectivity index is 1.50. The van der Waals surface area contributed by atoms with E-state index in [9.17, 15) is 4.79 Å². The molecule has 5 nitrogen and oxygen atoms in total. The van der Waals surface area contributed by atoms with Gasteiger partial charge in [-0.2, -0.15) is 0 Å². The molecule has 0 saturated heterocycles. The average Bonchev–Trinajstić information content (AvgIpc) is 3.00. The van der Waals surface area contributed by atoms with Gasteiger partial charge in [0.1, 0.15) is 11.4 Å². The number of hydrogen-bond acceptors (Lipinski definition) is 3. The molecule has 1 amide bonds. The number of aryl methyl sites for hydroxylation is 2. The molecule has 2 heterocycles. The number of imidazole rings is 1. The van der Waals surface area contributed by atoms with Crippen molar-refractivity contribution in [2.75, 3.05) is 11.9 Å². The van der Waals surface area contributed by atoms with E-state index in [1.807, 2.05) is 37.3 Å². The van der Waals surface area contributed by atoms with Crippen molar-refractivity contribution >= 4 is 17.2 Å². The summed E-state index contributed by atoms with van der Waals surface area (Å²) in [5.74, 6) is 0.853. The minimum Gasteiger partial charge on any atom is -0.494 e. The number of carbonyl (C=O) groups excluding carboxylic acids is 1. The highest BCUT2D eigenvalue weighted by molar-refractivity contribution is 5.92. The zero-order valence-corrected chi connectivity index (χ0v) is 15.2. The molecule has 0 spiro atoms. The minimum absolute atomic E-state index is 0.0329. The summed E-state index contributed by atoms with van der Waals surface area (Å²) in [6.45, 7) is 4.66. The molecule has 0 bridgehead atoms. The van der Waals surface area contributed by atoms with Crippen LogP contribution in [0, 0.1) is 12.8 Å². The maximum absolute atomic E-state index is 12.7. The van der Waals surface area contributed by atoms with E-state index in [1.54, 1.807) is 0 Å². The number of aromatic nitrogens is 2. The van der Waals surface area contributed by atoms with Gasteiger partial charge in [0.05, 0.1) is 12.3 Å². The topological polar surface area (TPSA) is 55.6 Å². The summed E-state index contributed by atoms with van der Waals surface area (Å²) >= 11 is 0. The van der Waals surface area contributed by atoms with Gasteiger partial charge in [0.15, 0.2) is 0 Å². The van der Waals surface area contributed by atoms with Gasteiger partial charge in [-0.25, -0.2) is 4.98 Å². The van der Waals surface area contributed by atoms with Gasteiger partial charge in [-0.15, -0.1) is 0 Å². The number of pyridine rings is 1. The third-order valence-electron chi connectivity index (χ3n) is 4.92. The predicted molar refractivity (Wildman–Crippen MR) is 102 cm³/mol. The lowest BCUT2D eigenvalue weighted by Gasteiger charge is -2.21. The van der Waals surface area contributed by atoms with E-state index >= 15 is 0 Å². The number of nitrogens with zero attached hydrogens (tertiary/aromatic N) is 2. The van der Waals surface area contributed by atoms with Crippen LogP contribution >= 0.6 is 0 Å². The Labute approximate surface area is 153 Å². The molecule has 0 aliphatic heterocycles. The number of fused-ring (bicyclic) bond motifs is 3. The number of hydrogen-bond donors (Lipinski definition) is 1. The van der Waals surface area contributed by atoms with E-state index in [-0.39, 0.29) is 11.8 Å². The minimum atomic E-state index is -0.0329. The summed E-state index contributed by atoms with van der Waals surface area (Å²) in [5, 5.41) is 3.04. The summed E-state index contributed by atoms with van der Waals surface area (Å²) in [6.07, 6.45) is 4.51. The number of nitrogens with one attached hydrogen (secondary N) is 1. The largest absolute Gasteiger partial charge is 0.494 e. The second-order valence-electron chi connectivity index (χ2n) is 6.83. The van der Waals surface area contributed by atoms with Crippen LogP contribution in [-0.2, 0) is 17.6 Å². The van der Waals surface area contributed by atoms with Gasteiger partial charge < -0.3 is 14.5 Å². The molecule has 2 aromatic heterocycles. The fourth-order valence-electron chi connectivity index (χ4n) is 3.58.